The van der Waals surface area contributed by atoms with Crippen LogP contribution in [0.15, 0.2) is 4.99 Å². The molecule has 0 aromatic carbocycles. The monoisotopic (exact) mass is 175 g/mol. The van der Waals surface area contributed by atoms with E-state index in [2.05, 4.69) is 4.99 Å². The van der Waals surface area contributed by atoms with Crippen molar-refractivity contribution < 1.29 is 8.42 Å². The highest BCUT2D eigenvalue weighted by Crippen LogP contribution is 2.26. The highest BCUT2D eigenvalue weighted by molar-refractivity contribution is 7.91. The maximum atomic E-state index is 11.0. The summed E-state index contributed by atoms with van der Waals surface area (Å²) < 4.78 is 22.1. The molecule has 0 N–H and O–H groups in total. The molecule has 0 aliphatic carbocycles. The molecule has 0 radical (unpaired) electrons. The van der Waals surface area contributed by atoms with Crippen molar-refractivity contribution >= 4 is 16.1 Å². The molecule has 0 saturated carbocycles. The lowest BCUT2D eigenvalue weighted by atomic mass is 10.0. The molecule has 0 bridgehead atoms. The van der Waals surface area contributed by atoms with Crippen LogP contribution in [0, 0.1) is 0 Å². The van der Waals surface area contributed by atoms with E-state index >= 15 is 0 Å². The van der Waals surface area contributed by atoms with Crippen LogP contribution in [-0.4, -0.2) is 31.7 Å². The topological polar surface area (TPSA) is 46.5 Å². The maximum Gasteiger partial charge on any atom is 0.152 e. The van der Waals surface area contributed by atoms with Gasteiger partial charge in [0.1, 0.15) is 0 Å². The van der Waals surface area contributed by atoms with Crippen molar-refractivity contribution in [3.63, 3.8) is 0 Å². The molecular weight excluding hydrogens is 162 g/mol. The summed E-state index contributed by atoms with van der Waals surface area (Å²) in [5.74, 6) is 0.505. The summed E-state index contributed by atoms with van der Waals surface area (Å²) in [5.41, 5.74) is -0.340. The van der Waals surface area contributed by atoms with Gasteiger partial charge in [0.15, 0.2) is 9.84 Å². The molecule has 0 amide bonds. The summed E-state index contributed by atoms with van der Waals surface area (Å²) in [7, 11) is -2.79. The maximum absolute atomic E-state index is 11.0. The molecule has 64 valence electrons. The molecule has 1 saturated heterocycles. The van der Waals surface area contributed by atoms with Gasteiger partial charge in [-0.3, -0.25) is 4.99 Å². The Morgan fingerprint density at radius 3 is 2.55 bits per heavy atom. The third-order valence-corrected chi connectivity index (χ3v) is 3.81. The highest BCUT2D eigenvalue weighted by Gasteiger charge is 2.37. The Bertz CT molecular complexity index is 268. The van der Waals surface area contributed by atoms with Crippen LogP contribution in [0.5, 0.6) is 0 Å². The minimum absolute atomic E-state index is 0.213. The molecule has 0 aromatic rings. The van der Waals surface area contributed by atoms with Crippen molar-refractivity contribution in [2.75, 3.05) is 11.5 Å². The Balaban J connectivity index is 2.81. The van der Waals surface area contributed by atoms with E-state index < -0.39 is 9.84 Å². The zero-order valence-corrected chi connectivity index (χ0v) is 7.69. The summed E-state index contributed by atoms with van der Waals surface area (Å²) in [5, 5.41) is 0. The molecule has 1 aliphatic rings. The van der Waals surface area contributed by atoms with Gasteiger partial charge in [0.2, 0.25) is 0 Å². The van der Waals surface area contributed by atoms with Gasteiger partial charge in [-0.25, -0.2) is 8.42 Å². The average Bonchev–Trinajstić information content (AvgIpc) is 2.07. The Morgan fingerprint density at radius 1 is 1.55 bits per heavy atom. The van der Waals surface area contributed by atoms with E-state index in [0.29, 0.717) is 12.2 Å². The third-order valence-electron chi connectivity index (χ3n) is 1.92. The average molecular weight is 175 g/mol. The van der Waals surface area contributed by atoms with Crippen LogP contribution in [0.3, 0.4) is 0 Å². The second-order valence-electron chi connectivity index (χ2n) is 3.23. The molecule has 1 aliphatic heterocycles. The zero-order valence-electron chi connectivity index (χ0n) is 6.87. The molecule has 1 fully saturated rings. The van der Waals surface area contributed by atoms with Crippen molar-refractivity contribution in [2.45, 2.75) is 25.8 Å². The van der Waals surface area contributed by atoms with E-state index in [1.54, 1.807) is 6.21 Å². The van der Waals surface area contributed by atoms with E-state index in [4.69, 9.17) is 0 Å². The fraction of sp³-hybridized carbons (Fsp3) is 0.857. The molecule has 1 rings (SSSR count). The molecule has 1 heterocycles. The van der Waals surface area contributed by atoms with Crippen LogP contribution in [0.2, 0.25) is 0 Å². The van der Waals surface area contributed by atoms with Gasteiger partial charge >= 0.3 is 0 Å². The van der Waals surface area contributed by atoms with Crippen molar-refractivity contribution in [3.05, 3.63) is 0 Å². The van der Waals surface area contributed by atoms with Crippen LogP contribution in [0.1, 0.15) is 20.3 Å². The van der Waals surface area contributed by atoms with E-state index in [1.165, 1.54) is 0 Å². The second kappa shape index (κ2) is 2.59. The standard InChI is InChI=1S/C7H13NO2S/c1-3-8-7(2)4-5-11(9,10)6-7/h3H,4-6H2,1-2H3/t7-/m0/s1. The lowest BCUT2D eigenvalue weighted by molar-refractivity contribution is 0.536. The summed E-state index contributed by atoms with van der Waals surface area (Å²) in [6.07, 6.45) is 2.35. The van der Waals surface area contributed by atoms with Crippen molar-refractivity contribution in [3.8, 4) is 0 Å². The Hall–Kier alpha value is -0.380. The second-order valence-corrected chi connectivity index (χ2v) is 5.41. The number of rotatable bonds is 1. The lowest BCUT2D eigenvalue weighted by Gasteiger charge is -2.14. The van der Waals surface area contributed by atoms with Gasteiger partial charge in [-0.2, -0.15) is 0 Å². The van der Waals surface area contributed by atoms with Gasteiger partial charge in [-0.05, 0) is 26.5 Å². The fourth-order valence-electron chi connectivity index (χ4n) is 1.41. The molecule has 4 heteroatoms. The van der Waals surface area contributed by atoms with E-state index in [0.717, 1.165) is 0 Å². The first-order chi connectivity index (χ1) is 4.97. The highest BCUT2D eigenvalue weighted by atomic mass is 32.2. The van der Waals surface area contributed by atoms with Crippen LogP contribution in [-0.2, 0) is 9.84 Å². The molecule has 3 nitrogen and oxygen atoms in total. The van der Waals surface area contributed by atoms with Crippen LogP contribution >= 0.6 is 0 Å². The summed E-state index contributed by atoms with van der Waals surface area (Å²) in [4.78, 5) is 4.15. The van der Waals surface area contributed by atoms with Gasteiger partial charge in [0.05, 0.1) is 17.0 Å². The Morgan fingerprint density at radius 2 is 2.18 bits per heavy atom. The predicted octanol–water partition coefficient (Wildman–Crippen LogP) is 0.654. The third kappa shape index (κ3) is 2.02. The largest absolute Gasteiger partial charge is 0.290 e. The normalized spacial score (nSPS) is 36.5. The first-order valence-electron chi connectivity index (χ1n) is 3.68. The van der Waals surface area contributed by atoms with E-state index in [9.17, 15) is 8.42 Å². The zero-order chi connectivity index (χ0) is 8.54. The molecule has 1 atom stereocenters. The van der Waals surface area contributed by atoms with Crippen molar-refractivity contribution in [1.29, 1.82) is 0 Å². The van der Waals surface area contributed by atoms with Gasteiger partial charge < -0.3 is 0 Å². The number of sulfone groups is 1. The van der Waals surface area contributed by atoms with Gasteiger partial charge in [-0.1, -0.05) is 0 Å². The summed E-state index contributed by atoms with van der Waals surface area (Å²) >= 11 is 0. The number of hydrogen-bond donors (Lipinski definition) is 0. The van der Waals surface area contributed by atoms with Crippen LogP contribution < -0.4 is 0 Å². The van der Waals surface area contributed by atoms with Gasteiger partial charge in [0.25, 0.3) is 0 Å². The van der Waals surface area contributed by atoms with Crippen LogP contribution in [0.25, 0.3) is 0 Å². The first-order valence-corrected chi connectivity index (χ1v) is 5.50. The first kappa shape index (κ1) is 8.71. The predicted molar refractivity (Wildman–Crippen MR) is 45.8 cm³/mol. The molecular formula is C7H13NO2S. The van der Waals surface area contributed by atoms with Gasteiger partial charge in [-0.15, -0.1) is 0 Å². The fourth-order valence-corrected chi connectivity index (χ4v) is 3.47. The smallest absolute Gasteiger partial charge is 0.152 e. The quantitative estimate of drug-likeness (QED) is 0.549. The molecule has 0 unspecified atom stereocenters. The minimum Gasteiger partial charge on any atom is -0.290 e. The lowest BCUT2D eigenvalue weighted by Crippen LogP contribution is -2.23. The SMILES string of the molecule is CC=N[C@@]1(C)CCS(=O)(=O)C1. The van der Waals surface area contributed by atoms with E-state index in [1.807, 2.05) is 13.8 Å². The number of hydrogen-bond acceptors (Lipinski definition) is 3. The molecule has 0 spiro atoms. The van der Waals surface area contributed by atoms with Crippen LogP contribution in [0.4, 0.5) is 0 Å². The van der Waals surface area contributed by atoms with Crippen molar-refractivity contribution in [2.24, 2.45) is 4.99 Å². The molecule has 11 heavy (non-hydrogen) atoms. The summed E-state index contributed by atoms with van der Waals surface area (Å²) in [6.45, 7) is 3.70. The van der Waals surface area contributed by atoms with E-state index in [-0.39, 0.29) is 11.3 Å². The summed E-state index contributed by atoms with van der Waals surface area (Å²) in [6, 6.07) is 0. The minimum atomic E-state index is -2.79. The Kier molecular flexibility index (Phi) is 2.05. The number of aliphatic imine (C=N–C) groups is 1. The molecule has 0 aromatic heterocycles. The number of nitrogens with zero attached hydrogens (tertiary/aromatic N) is 1. The van der Waals surface area contributed by atoms with Crippen molar-refractivity contribution in [1.82, 2.24) is 0 Å². The van der Waals surface area contributed by atoms with Gasteiger partial charge in [0, 0.05) is 0 Å². The Labute approximate surface area is 67.4 Å².